The van der Waals surface area contributed by atoms with Crippen LogP contribution in [0, 0.1) is 5.41 Å². The van der Waals surface area contributed by atoms with Crippen LogP contribution in [0.5, 0.6) is 0 Å². The van der Waals surface area contributed by atoms with Crippen LogP contribution in [-0.4, -0.2) is 22.0 Å². The number of benzene rings is 2. The number of aromatic nitrogens is 1. The second kappa shape index (κ2) is 7.36. The minimum absolute atomic E-state index is 0.173. The van der Waals surface area contributed by atoms with Gasteiger partial charge in [-0.25, -0.2) is 4.98 Å². The Kier molecular flexibility index (Phi) is 4.89. The molecular formula is C22H22N2O3S. The first-order valence-electron chi connectivity index (χ1n) is 9.44. The largest absolute Gasteiger partial charge is 0.481 e. The molecule has 144 valence electrons. The summed E-state index contributed by atoms with van der Waals surface area (Å²) in [5, 5.41) is 13.2. The van der Waals surface area contributed by atoms with E-state index < -0.39 is 11.4 Å². The summed E-state index contributed by atoms with van der Waals surface area (Å²) in [7, 11) is 0. The van der Waals surface area contributed by atoms with Gasteiger partial charge >= 0.3 is 5.97 Å². The molecule has 0 radical (unpaired) electrons. The lowest BCUT2D eigenvalue weighted by atomic mass is 9.80. The molecule has 1 amide bonds. The minimum atomic E-state index is -0.949. The fourth-order valence-corrected chi connectivity index (χ4v) is 4.90. The van der Waals surface area contributed by atoms with Gasteiger partial charge in [-0.3, -0.25) is 9.59 Å². The SMILES string of the molecule is CCc1ccc2sc(CNC(=O)C3(CC(=O)O)Cc4ccccc4C3)nc2c1. The van der Waals surface area contributed by atoms with Crippen molar-refractivity contribution in [2.24, 2.45) is 5.41 Å². The summed E-state index contributed by atoms with van der Waals surface area (Å²) in [5.74, 6) is -1.16. The summed E-state index contributed by atoms with van der Waals surface area (Å²) in [4.78, 5) is 29.2. The number of fused-ring (bicyclic) bond motifs is 2. The van der Waals surface area contributed by atoms with E-state index in [-0.39, 0.29) is 12.3 Å². The smallest absolute Gasteiger partial charge is 0.304 e. The molecule has 0 aliphatic heterocycles. The molecule has 0 unspecified atom stereocenters. The van der Waals surface area contributed by atoms with Crippen molar-refractivity contribution in [3.63, 3.8) is 0 Å². The van der Waals surface area contributed by atoms with Crippen molar-refractivity contribution < 1.29 is 14.7 Å². The Labute approximate surface area is 167 Å². The van der Waals surface area contributed by atoms with E-state index in [1.165, 1.54) is 5.56 Å². The molecule has 28 heavy (non-hydrogen) atoms. The fourth-order valence-electron chi connectivity index (χ4n) is 4.01. The number of carboxylic acids is 1. The lowest BCUT2D eigenvalue weighted by Gasteiger charge is -2.25. The van der Waals surface area contributed by atoms with Crippen molar-refractivity contribution in [1.82, 2.24) is 10.3 Å². The third-order valence-electron chi connectivity index (χ3n) is 5.45. The third-order valence-corrected chi connectivity index (χ3v) is 6.49. The molecule has 1 aromatic heterocycles. The van der Waals surface area contributed by atoms with Crippen LogP contribution < -0.4 is 5.32 Å². The average molecular weight is 394 g/mol. The van der Waals surface area contributed by atoms with E-state index in [4.69, 9.17) is 0 Å². The molecule has 1 heterocycles. The van der Waals surface area contributed by atoms with Gasteiger partial charge in [-0.15, -0.1) is 11.3 Å². The summed E-state index contributed by atoms with van der Waals surface area (Å²) >= 11 is 1.56. The van der Waals surface area contributed by atoms with Crippen molar-refractivity contribution in [3.8, 4) is 0 Å². The molecule has 2 N–H and O–H groups in total. The van der Waals surface area contributed by atoms with Gasteiger partial charge in [0.1, 0.15) is 5.01 Å². The summed E-state index contributed by atoms with van der Waals surface area (Å²) in [5.41, 5.74) is 3.37. The molecule has 0 saturated heterocycles. The number of nitrogens with one attached hydrogen (secondary N) is 1. The van der Waals surface area contributed by atoms with Gasteiger partial charge in [-0.05, 0) is 48.1 Å². The summed E-state index contributed by atoms with van der Waals surface area (Å²) in [6, 6.07) is 14.1. The van der Waals surface area contributed by atoms with Gasteiger partial charge in [0.05, 0.1) is 28.6 Å². The number of carboxylic acid groups (broad SMARTS) is 1. The molecule has 5 nitrogen and oxygen atoms in total. The van der Waals surface area contributed by atoms with Crippen molar-refractivity contribution >= 4 is 33.4 Å². The summed E-state index contributed by atoms with van der Waals surface area (Å²) in [6.45, 7) is 2.42. The summed E-state index contributed by atoms with van der Waals surface area (Å²) < 4.78 is 1.09. The average Bonchev–Trinajstić information content (AvgIpc) is 3.25. The number of carbonyl (C=O) groups excluding carboxylic acids is 1. The minimum Gasteiger partial charge on any atom is -0.481 e. The van der Waals surface area contributed by atoms with Crippen LogP contribution >= 0.6 is 11.3 Å². The second-order valence-corrected chi connectivity index (χ2v) is 8.53. The zero-order valence-electron chi connectivity index (χ0n) is 15.7. The van der Waals surface area contributed by atoms with Crippen LogP contribution in [0.1, 0.15) is 35.0 Å². The highest BCUT2D eigenvalue weighted by molar-refractivity contribution is 7.18. The predicted molar refractivity (Wildman–Crippen MR) is 109 cm³/mol. The fraction of sp³-hybridized carbons (Fsp3) is 0.318. The van der Waals surface area contributed by atoms with Gasteiger partial charge in [0, 0.05) is 0 Å². The topological polar surface area (TPSA) is 79.3 Å². The number of thiazole rings is 1. The van der Waals surface area contributed by atoms with E-state index in [0.717, 1.165) is 32.8 Å². The zero-order valence-corrected chi connectivity index (χ0v) is 16.5. The van der Waals surface area contributed by atoms with Gasteiger partial charge in [0.2, 0.25) is 5.91 Å². The highest BCUT2D eigenvalue weighted by atomic mass is 32.1. The van der Waals surface area contributed by atoms with Crippen molar-refractivity contribution in [2.45, 2.75) is 39.2 Å². The van der Waals surface area contributed by atoms with E-state index in [1.54, 1.807) is 11.3 Å². The Balaban J connectivity index is 1.52. The van der Waals surface area contributed by atoms with Crippen LogP contribution in [0.25, 0.3) is 10.2 Å². The van der Waals surface area contributed by atoms with Gasteiger partial charge in [-0.2, -0.15) is 0 Å². The second-order valence-electron chi connectivity index (χ2n) is 7.42. The maximum atomic E-state index is 13.1. The van der Waals surface area contributed by atoms with Crippen molar-refractivity contribution in [3.05, 3.63) is 64.2 Å². The van der Waals surface area contributed by atoms with Gasteiger partial charge in [0.15, 0.2) is 0 Å². The van der Waals surface area contributed by atoms with Gasteiger partial charge in [0.25, 0.3) is 0 Å². The Morgan fingerprint density at radius 2 is 1.89 bits per heavy atom. The molecule has 0 saturated carbocycles. The Bertz CT molecular complexity index is 1030. The molecule has 1 aliphatic carbocycles. The number of hydrogen-bond acceptors (Lipinski definition) is 4. The molecule has 1 aliphatic rings. The van der Waals surface area contributed by atoms with Gasteiger partial charge < -0.3 is 10.4 Å². The maximum absolute atomic E-state index is 13.1. The quantitative estimate of drug-likeness (QED) is 0.668. The number of hydrogen-bond donors (Lipinski definition) is 2. The highest BCUT2D eigenvalue weighted by Crippen LogP contribution is 2.40. The zero-order chi connectivity index (χ0) is 19.7. The Hall–Kier alpha value is -2.73. The number of nitrogens with zero attached hydrogens (tertiary/aromatic N) is 1. The lowest BCUT2D eigenvalue weighted by Crippen LogP contribution is -2.43. The highest BCUT2D eigenvalue weighted by Gasteiger charge is 2.45. The molecule has 3 aromatic rings. The monoisotopic (exact) mass is 394 g/mol. The number of aliphatic carboxylic acids is 1. The molecule has 0 spiro atoms. The Morgan fingerprint density at radius 1 is 1.18 bits per heavy atom. The first-order chi connectivity index (χ1) is 13.5. The van der Waals surface area contributed by atoms with Crippen molar-refractivity contribution in [1.29, 1.82) is 0 Å². The van der Waals surface area contributed by atoms with E-state index in [1.807, 2.05) is 24.3 Å². The Morgan fingerprint density at radius 3 is 2.54 bits per heavy atom. The molecular weight excluding hydrogens is 372 g/mol. The lowest BCUT2D eigenvalue weighted by molar-refractivity contribution is -0.145. The normalized spacial score (nSPS) is 14.8. The van der Waals surface area contributed by atoms with Crippen LogP contribution in [0.2, 0.25) is 0 Å². The standard InChI is InChI=1S/C22H22N2O3S/c1-2-14-7-8-18-17(9-14)24-19(28-18)13-23-21(27)22(12-20(25)26)10-15-5-3-4-6-16(15)11-22/h3-9H,2,10-13H2,1H3,(H,23,27)(H,25,26). The van der Waals surface area contributed by atoms with Crippen LogP contribution in [-0.2, 0) is 35.4 Å². The number of carbonyl (C=O) groups is 2. The van der Waals surface area contributed by atoms with Crippen LogP contribution in [0.15, 0.2) is 42.5 Å². The van der Waals surface area contributed by atoms with Crippen LogP contribution in [0.3, 0.4) is 0 Å². The number of aryl methyl sites for hydroxylation is 1. The molecule has 4 rings (SSSR count). The maximum Gasteiger partial charge on any atom is 0.304 e. The van der Waals surface area contributed by atoms with Crippen LogP contribution in [0.4, 0.5) is 0 Å². The predicted octanol–water partition coefficient (Wildman–Crippen LogP) is 3.73. The first kappa shape index (κ1) is 18.6. The molecule has 2 aromatic carbocycles. The van der Waals surface area contributed by atoms with E-state index in [9.17, 15) is 14.7 Å². The summed E-state index contributed by atoms with van der Waals surface area (Å²) in [6.07, 6.45) is 1.70. The molecule has 0 fully saturated rings. The van der Waals surface area contributed by atoms with Crippen molar-refractivity contribution in [2.75, 3.05) is 0 Å². The van der Waals surface area contributed by atoms with E-state index in [0.29, 0.717) is 19.4 Å². The van der Waals surface area contributed by atoms with Gasteiger partial charge in [-0.1, -0.05) is 37.3 Å². The van der Waals surface area contributed by atoms with E-state index >= 15 is 0 Å². The first-order valence-corrected chi connectivity index (χ1v) is 10.3. The molecule has 6 heteroatoms. The number of rotatable bonds is 6. The number of amides is 1. The van der Waals surface area contributed by atoms with E-state index in [2.05, 4.69) is 35.4 Å². The third kappa shape index (κ3) is 3.52. The molecule has 0 bridgehead atoms. The molecule has 0 atom stereocenters.